The quantitative estimate of drug-likeness (QED) is 0.541. The highest BCUT2D eigenvalue weighted by molar-refractivity contribution is 5.70. The highest BCUT2D eigenvalue weighted by Crippen LogP contribution is 2.35. The van der Waals surface area contributed by atoms with E-state index in [0.29, 0.717) is 0 Å². The molecule has 1 aromatic heterocycles. The van der Waals surface area contributed by atoms with Gasteiger partial charge in [0.15, 0.2) is 0 Å². The average Bonchev–Trinajstić information content (AvgIpc) is 2.94. The Morgan fingerprint density at radius 2 is 1.60 bits per heavy atom. The summed E-state index contributed by atoms with van der Waals surface area (Å²) in [6.45, 7) is 6.78. The first-order valence-corrected chi connectivity index (χ1v) is 9.14. The smallest absolute Gasteiger partial charge is 0.119 e. The van der Waals surface area contributed by atoms with Crippen molar-refractivity contribution in [2.45, 2.75) is 40.0 Å². The standard InChI is InChI=1S/C23H27NO/c1-5-10-21-17(3)23(18-11-8-7-9-12-18)24(22(21)6-2)19-13-15-20(25-4)16-14-19/h7-9,11-16H,5-6,10H2,1-4H3. The van der Waals surface area contributed by atoms with Crippen molar-refractivity contribution in [1.82, 2.24) is 4.57 Å². The van der Waals surface area contributed by atoms with Crippen LogP contribution in [0.25, 0.3) is 16.9 Å². The van der Waals surface area contributed by atoms with Crippen LogP contribution in [0.3, 0.4) is 0 Å². The average molecular weight is 333 g/mol. The number of hydrogen-bond acceptors (Lipinski definition) is 1. The lowest BCUT2D eigenvalue weighted by atomic mass is 10.0. The Morgan fingerprint density at radius 3 is 2.16 bits per heavy atom. The highest BCUT2D eigenvalue weighted by atomic mass is 16.5. The molecule has 0 fully saturated rings. The van der Waals surface area contributed by atoms with Gasteiger partial charge in [-0.3, -0.25) is 0 Å². The van der Waals surface area contributed by atoms with Crippen molar-refractivity contribution in [3.8, 4) is 22.7 Å². The predicted molar refractivity (Wildman–Crippen MR) is 106 cm³/mol. The van der Waals surface area contributed by atoms with Gasteiger partial charge in [0, 0.05) is 11.4 Å². The van der Waals surface area contributed by atoms with E-state index in [4.69, 9.17) is 4.74 Å². The fourth-order valence-electron chi connectivity index (χ4n) is 3.71. The zero-order chi connectivity index (χ0) is 17.8. The molecule has 0 radical (unpaired) electrons. The molecule has 0 bridgehead atoms. The summed E-state index contributed by atoms with van der Waals surface area (Å²) in [6.07, 6.45) is 3.31. The molecule has 130 valence electrons. The Hall–Kier alpha value is -2.48. The topological polar surface area (TPSA) is 14.2 Å². The monoisotopic (exact) mass is 333 g/mol. The molecule has 0 aliphatic rings. The number of ether oxygens (including phenoxy) is 1. The maximum Gasteiger partial charge on any atom is 0.119 e. The van der Waals surface area contributed by atoms with Gasteiger partial charge in [-0.25, -0.2) is 0 Å². The maximum atomic E-state index is 5.33. The molecule has 2 aromatic carbocycles. The number of hydrogen-bond donors (Lipinski definition) is 0. The Kier molecular flexibility index (Phi) is 5.28. The van der Waals surface area contributed by atoms with Crippen LogP contribution in [0.1, 0.15) is 37.1 Å². The number of nitrogens with zero attached hydrogens (tertiary/aromatic N) is 1. The van der Waals surface area contributed by atoms with E-state index in [1.807, 2.05) is 12.1 Å². The third kappa shape index (κ3) is 3.21. The van der Waals surface area contributed by atoms with E-state index in [0.717, 1.165) is 25.0 Å². The number of benzene rings is 2. The molecule has 0 saturated heterocycles. The Bertz CT molecular complexity index is 829. The van der Waals surface area contributed by atoms with E-state index in [2.05, 4.69) is 67.8 Å². The van der Waals surface area contributed by atoms with E-state index in [1.165, 1.54) is 33.8 Å². The Morgan fingerprint density at radius 1 is 0.920 bits per heavy atom. The normalized spacial score (nSPS) is 10.9. The van der Waals surface area contributed by atoms with Gasteiger partial charge in [-0.2, -0.15) is 0 Å². The third-order valence-electron chi connectivity index (χ3n) is 4.86. The van der Waals surface area contributed by atoms with Gasteiger partial charge < -0.3 is 9.30 Å². The van der Waals surface area contributed by atoms with E-state index in [1.54, 1.807) is 7.11 Å². The molecular formula is C23H27NO. The molecule has 0 spiro atoms. The van der Waals surface area contributed by atoms with Gasteiger partial charge in [0.2, 0.25) is 0 Å². The zero-order valence-electron chi connectivity index (χ0n) is 15.7. The van der Waals surface area contributed by atoms with Gasteiger partial charge in [0.05, 0.1) is 12.8 Å². The number of methoxy groups -OCH3 is 1. The van der Waals surface area contributed by atoms with Crippen molar-refractivity contribution >= 4 is 0 Å². The molecule has 2 nitrogen and oxygen atoms in total. The van der Waals surface area contributed by atoms with Crippen LogP contribution >= 0.6 is 0 Å². The van der Waals surface area contributed by atoms with E-state index in [9.17, 15) is 0 Å². The van der Waals surface area contributed by atoms with Crippen LogP contribution < -0.4 is 4.74 Å². The van der Waals surface area contributed by atoms with E-state index >= 15 is 0 Å². The van der Waals surface area contributed by atoms with Crippen molar-refractivity contribution in [2.75, 3.05) is 7.11 Å². The number of rotatable bonds is 6. The fraction of sp³-hybridized carbons (Fsp3) is 0.304. The van der Waals surface area contributed by atoms with Crippen molar-refractivity contribution in [3.05, 3.63) is 71.4 Å². The lowest BCUT2D eigenvalue weighted by Crippen LogP contribution is -2.03. The van der Waals surface area contributed by atoms with Crippen molar-refractivity contribution in [2.24, 2.45) is 0 Å². The molecule has 2 heteroatoms. The Labute approximate surface area is 151 Å². The largest absolute Gasteiger partial charge is 0.497 e. The van der Waals surface area contributed by atoms with Crippen LogP contribution in [0.5, 0.6) is 5.75 Å². The minimum absolute atomic E-state index is 0.890. The summed E-state index contributed by atoms with van der Waals surface area (Å²) in [5, 5.41) is 0. The first-order chi connectivity index (χ1) is 12.2. The van der Waals surface area contributed by atoms with Crippen molar-refractivity contribution < 1.29 is 4.74 Å². The highest BCUT2D eigenvalue weighted by Gasteiger charge is 2.20. The molecule has 0 atom stereocenters. The van der Waals surface area contributed by atoms with Crippen LogP contribution in [0, 0.1) is 6.92 Å². The van der Waals surface area contributed by atoms with Crippen LogP contribution in [0.2, 0.25) is 0 Å². The van der Waals surface area contributed by atoms with Crippen LogP contribution in [-0.4, -0.2) is 11.7 Å². The second-order valence-corrected chi connectivity index (χ2v) is 6.40. The summed E-state index contributed by atoms with van der Waals surface area (Å²) < 4.78 is 7.77. The molecule has 3 rings (SSSR count). The van der Waals surface area contributed by atoms with Gasteiger partial charge in [-0.15, -0.1) is 0 Å². The van der Waals surface area contributed by atoms with E-state index < -0.39 is 0 Å². The summed E-state index contributed by atoms with van der Waals surface area (Å²) in [5.41, 5.74) is 8.10. The third-order valence-corrected chi connectivity index (χ3v) is 4.86. The first kappa shape index (κ1) is 17.3. The molecule has 0 saturated carbocycles. The summed E-state index contributed by atoms with van der Waals surface area (Å²) in [4.78, 5) is 0. The van der Waals surface area contributed by atoms with E-state index in [-0.39, 0.29) is 0 Å². The fourth-order valence-corrected chi connectivity index (χ4v) is 3.71. The van der Waals surface area contributed by atoms with Crippen LogP contribution in [0.15, 0.2) is 54.6 Å². The molecule has 0 amide bonds. The second-order valence-electron chi connectivity index (χ2n) is 6.40. The lowest BCUT2D eigenvalue weighted by Gasteiger charge is -2.15. The summed E-state index contributed by atoms with van der Waals surface area (Å²) in [6, 6.07) is 19.1. The lowest BCUT2D eigenvalue weighted by molar-refractivity contribution is 0.414. The second kappa shape index (κ2) is 7.60. The van der Waals surface area contributed by atoms with Gasteiger partial charge >= 0.3 is 0 Å². The molecule has 1 heterocycles. The van der Waals surface area contributed by atoms with Gasteiger partial charge in [0.1, 0.15) is 5.75 Å². The summed E-state index contributed by atoms with van der Waals surface area (Å²) in [5.74, 6) is 0.890. The summed E-state index contributed by atoms with van der Waals surface area (Å²) in [7, 11) is 1.71. The van der Waals surface area contributed by atoms with Crippen molar-refractivity contribution in [1.29, 1.82) is 0 Å². The molecule has 0 aliphatic heterocycles. The Balaban J connectivity index is 2.28. The molecule has 0 aliphatic carbocycles. The van der Waals surface area contributed by atoms with Gasteiger partial charge in [0.25, 0.3) is 0 Å². The van der Waals surface area contributed by atoms with Crippen LogP contribution in [0.4, 0.5) is 0 Å². The minimum Gasteiger partial charge on any atom is -0.497 e. The van der Waals surface area contributed by atoms with Crippen molar-refractivity contribution in [3.63, 3.8) is 0 Å². The summed E-state index contributed by atoms with van der Waals surface area (Å²) >= 11 is 0. The molecule has 3 aromatic rings. The molecule has 25 heavy (non-hydrogen) atoms. The SMILES string of the molecule is CCCc1c(C)c(-c2ccccc2)n(-c2ccc(OC)cc2)c1CC. The van der Waals surface area contributed by atoms with Gasteiger partial charge in [-0.1, -0.05) is 50.6 Å². The van der Waals surface area contributed by atoms with Gasteiger partial charge in [-0.05, 0) is 60.7 Å². The molecule has 0 unspecified atom stereocenters. The predicted octanol–water partition coefficient (Wildman–Crippen LogP) is 5.98. The maximum absolute atomic E-state index is 5.33. The molecular weight excluding hydrogens is 306 g/mol. The van der Waals surface area contributed by atoms with Crippen LogP contribution in [-0.2, 0) is 12.8 Å². The number of aromatic nitrogens is 1. The molecule has 0 N–H and O–H groups in total. The zero-order valence-corrected chi connectivity index (χ0v) is 15.7. The minimum atomic E-state index is 0.890. The first-order valence-electron chi connectivity index (χ1n) is 9.14.